The van der Waals surface area contributed by atoms with E-state index in [0.717, 1.165) is 5.56 Å². The monoisotopic (exact) mass is 291 g/mol. The van der Waals surface area contributed by atoms with Crippen LogP contribution in [0.15, 0.2) is 41.3 Å². The number of anilines is 1. The molecule has 5 heteroatoms. The first kappa shape index (κ1) is 14.4. The van der Waals surface area contributed by atoms with E-state index in [9.17, 15) is 13.5 Å². The molecule has 0 fully saturated rings. The second-order valence-corrected chi connectivity index (χ2v) is 6.50. The van der Waals surface area contributed by atoms with Crippen molar-refractivity contribution in [2.75, 3.05) is 4.72 Å². The van der Waals surface area contributed by atoms with Gasteiger partial charge < -0.3 is 5.11 Å². The van der Waals surface area contributed by atoms with Crippen LogP contribution in [0.3, 0.4) is 0 Å². The summed E-state index contributed by atoms with van der Waals surface area (Å²) in [4.78, 5) is 0.221. The Kier molecular flexibility index (Phi) is 3.72. The van der Waals surface area contributed by atoms with E-state index < -0.39 is 10.0 Å². The summed E-state index contributed by atoms with van der Waals surface area (Å²) in [7, 11) is -3.72. The lowest BCUT2D eigenvalue weighted by atomic mass is 10.2. The van der Waals surface area contributed by atoms with Gasteiger partial charge in [-0.1, -0.05) is 24.3 Å². The van der Waals surface area contributed by atoms with Gasteiger partial charge in [0.25, 0.3) is 10.0 Å². The summed E-state index contributed by atoms with van der Waals surface area (Å²) < 4.78 is 27.3. The van der Waals surface area contributed by atoms with E-state index in [2.05, 4.69) is 4.72 Å². The molecule has 0 aliphatic heterocycles. The number of hydrogen-bond donors (Lipinski definition) is 2. The molecular formula is C15H17NO3S. The number of para-hydroxylation sites is 1. The van der Waals surface area contributed by atoms with Crippen LogP contribution in [0.5, 0.6) is 5.75 Å². The van der Waals surface area contributed by atoms with E-state index >= 15 is 0 Å². The zero-order valence-electron chi connectivity index (χ0n) is 11.6. The first-order valence-electron chi connectivity index (χ1n) is 6.20. The van der Waals surface area contributed by atoms with Crippen molar-refractivity contribution in [3.63, 3.8) is 0 Å². The fourth-order valence-electron chi connectivity index (χ4n) is 1.94. The van der Waals surface area contributed by atoms with Crippen LogP contribution in [0, 0.1) is 20.8 Å². The van der Waals surface area contributed by atoms with Crippen molar-refractivity contribution < 1.29 is 13.5 Å². The molecule has 2 N–H and O–H groups in total. The molecule has 2 aromatic rings. The number of aryl methyl sites for hydroxylation is 3. The zero-order chi connectivity index (χ0) is 14.9. The molecule has 0 bridgehead atoms. The minimum absolute atomic E-state index is 0.0543. The molecule has 0 aliphatic carbocycles. The molecule has 0 spiro atoms. The van der Waals surface area contributed by atoms with Crippen molar-refractivity contribution in [1.29, 1.82) is 0 Å². The van der Waals surface area contributed by atoms with Gasteiger partial charge in [0, 0.05) is 0 Å². The molecule has 0 heterocycles. The van der Waals surface area contributed by atoms with Crippen molar-refractivity contribution in [2.45, 2.75) is 25.7 Å². The molecule has 0 atom stereocenters. The molecule has 0 saturated carbocycles. The van der Waals surface area contributed by atoms with Gasteiger partial charge in [-0.2, -0.15) is 0 Å². The van der Waals surface area contributed by atoms with Gasteiger partial charge in [0.05, 0.1) is 10.6 Å². The summed E-state index contributed by atoms with van der Waals surface area (Å²) in [5, 5.41) is 9.90. The Labute approximate surface area is 119 Å². The van der Waals surface area contributed by atoms with E-state index in [-0.39, 0.29) is 16.3 Å². The number of aromatic hydroxyl groups is 1. The van der Waals surface area contributed by atoms with Crippen LogP contribution in [-0.4, -0.2) is 13.5 Å². The smallest absolute Gasteiger partial charge is 0.262 e. The van der Waals surface area contributed by atoms with Gasteiger partial charge >= 0.3 is 0 Å². The normalized spacial score (nSPS) is 11.3. The summed E-state index contributed by atoms with van der Waals surface area (Å²) >= 11 is 0. The van der Waals surface area contributed by atoms with Crippen molar-refractivity contribution in [1.82, 2.24) is 0 Å². The van der Waals surface area contributed by atoms with Crippen molar-refractivity contribution in [3.8, 4) is 5.75 Å². The lowest BCUT2D eigenvalue weighted by Crippen LogP contribution is -2.14. The molecule has 0 radical (unpaired) electrons. The van der Waals surface area contributed by atoms with Crippen LogP contribution in [0.1, 0.15) is 16.7 Å². The average Bonchev–Trinajstić information content (AvgIpc) is 2.37. The van der Waals surface area contributed by atoms with E-state index in [1.54, 1.807) is 38.1 Å². The Bertz CT molecular complexity index is 752. The van der Waals surface area contributed by atoms with Gasteiger partial charge in [-0.05, 0) is 49.6 Å². The first-order valence-corrected chi connectivity index (χ1v) is 7.68. The molecule has 20 heavy (non-hydrogen) atoms. The molecular weight excluding hydrogens is 274 g/mol. The molecule has 0 unspecified atom stereocenters. The third kappa shape index (κ3) is 2.77. The third-order valence-electron chi connectivity index (χ3n) is 3.12. The highest BCUT2D eigenvalue weighted by atomic mass is 32.2. The number of rotatable bonds is 3. The molecule has 2 aromatic carbocycles. The maximum Gasteiger partial charge on any atom is 0.262 e. The fraction of sp³-hybridized carbons (Fsp3) is 0.200. The predicted molar refractivity (Wildman–Crippen MR) is 79.6 cm³/mol. The molecule has 2 rings (SSSR count). The molecule has 0 aromatic heterocycles. The highest BCUT2D eigenvalue weighted by molar-refractivity contribution is 7.92. The maximum atomic E-state index is 12.4. The van der Waals surface area contributed by atoms with Gasteiger partial charge in [-0.15, -0.1) is 0 Å². The fourth-order valence-corrected chi connectivity index (χ4v) is 3.34. The summed E-state index contributed by atoms with van der Waals surface area (Å²) in [6.45, 7) is 5.29. The van der Waals surface area contributed by atoms with Gasteiger partial charge in [-0.3, -0.25) is 4.72 Å². The summed E-state index contributed by atoms with van der Waals surface area (Å²) in [6.07, 6.45) is 0. The molecule has 0 amide bonds. The first-order chi connectivity index (χ1) is 9.31. The quantitative estimate of drug-likeness (QED) is 0.854. The summed E-state index contributed by atoms with van der Waals surface area (Å²) in [5.41, 5.74) is 2.33. The van der Waals surface area contributed by atoms with Gasteiger partial charge in [0.1, 0.15) is 5.75 Å². The summed E-state index contributed by atoms with van der Waals surface area (Å²) in [6, 6.07) is 10.2. The number of benzene rings is 2. The highest BCUT2D eigenvalue weighted by Gasteiger charge is 2.18. The van der Waals surface area contributed by atoms with Crippen LogP contribution in [-0.2, 0) is 10.0 Å². The van der Waals surface area contributed by atoms with E-state index in [1.807, 2.05) is 13.0 Å². The molecule has 106 valence electrons. The minimum Gasteiger partial charge on any atom is -0.505 e. The predicted octanol–water partition coefficient (Wildman–Crippen LogP) is 3.12. The van der Waals surface area contributed by atoms with Crippen LogP contribution in [0.25, 0.3) is 0 Å². The number of nitrogens with one attached hydrogen (secondary N) is 1. The van der Waals surface area contributed by atoms with Crippen LogP contribution < -0.4 is 4.72 Å². The van der Waals surface area contributed by atoms with Gasteiger partial charge in [-0.25, -0.2) is 8.42 Å². The van der Waals surface area contributed by atoms with Crippen molar-refractivity contribution in [2.24, 2.45) is 0 Å². The number of sulfonamides is 1. The minimum atomic E-state index is -3.72. The SMILES string of the molecule is Cc1ccc(C)c(S(=O)(=O)Nc2cccc(C)c2O)c1. The zero-order valence-corrected chi connectivity index (χ0v) is 12.5. The largest absolute Gasteiger partial charge is 0.505 e. The van der Waals surface area contributed by atoms with Crippen LogP contribution in [0.2, 0.25) is 0 Å². The summed E-state index contributed by atoms with van der Waals surface area (Å²) in [5.74, 6) is -0.0543. The van der Waals surface area contributed by atoms with Crippen molar-refractivity contribution >= 4 is 15.7 Å². The van der Waals surface area contributed by atoms with Crippen LogP contribution in [0.4, 0.5) is 5.69 Å². The number of phenols is 1. The number of hydrogen-bond acceptors (Lipinski definition) is 3. The van der Waals surface area contributed by atoms with E-state index in [0.29, 0.717) is 11.1 Å². The lowest BCUT2D eigenvalue weighted by molar-refractivity contribution is 0.473. The highest BCUT2D eigenvalue weighted by Crippen LogP contribution is 2.29. The van der Waals surface area contributed by atoms with Gasteiger partial charge in [0.2, 0.25) is 0 Å². The molecule has 0 aliphatic rings. The Balaban J connectivity index is 2.46. The standard InChI is InChI=1S/C15H17NO3S/c1-10-7-8-11(2)14(9-10)20(18,19)16-13-6-4-5-12(3)15(13)17/h4-9,16-17H,1-3H3. The van der Waals surface area contributed by atoms with Gasteiger partial charge in [0.15, 0.2) is 0 Å². The second kappa shape index (κ2) is 5.17. The third-order valence-corrected chi connectivity index (χ3v) is 4.62. The van der Waals surface area contributed by atoms with E-state index in [1.165, 1.54) is 6.07 Å². The Morgan fingerprint density at radius 1 is 1.00 bits per heavy atom. The average molecular weight is 291 g/mol. The lowest BCUT2D eigenvalue weighted by Gasteiger charge is -2.13. The Morgan fingerprint density at radius 2 is 1.70 bits per heavy atom. The Hall–Kier alpha value is -2.01. The second-order valence-electron chi connectivity index (χ2n) is 4.85. The Morgan fingerprint density at radius 3 is 2.40 bits per heavy atom. The topological polar surface area (TPSA) is 66.4 Å². The molecule has 0 saturated heterocycles. The van der Waals surface area contributed by atoms with E-state index in [4.69, 9.17) is 0 Å². The maximum absolute atomic E-state index is 12.4. The molecule has 4 nitrogen and oxygen atoms in total. The van der Waals surface area contributed by atoms with Crippen LogP contribution >= 0.6 is 0 Å². The van der Waals surface area contributed by atoms with Crippen molar-refractivity contribution in [3.05, 3.63) is 53.1 Å². The number of phenolic OH excluding ortho intramolecular Hbond substituents is 1.